The van der Waals surface area contributed by atoms with Crippen molar-refractivity contribution in [2.24, 2.45) is 0 Å². The van der Waals surface area contributed by atoms with E-state index in [9.17, 15) is 0 Å². The van der Waals surface area contributed by atoms with Gasteiger partial charge < -0.3 is 9.13 Å². The average molecular weight is 765 g/mol. The lowest BCUT2D eigenvalue weighted by Crippen LogP contribution is -2.00. The number of nitrogens with zero attached hydrogens (tertiary/aromatic N) is 4. The van der Waals surface area contributed by atoms with Gasteiger partial charge >= 0.3 is 0 Å². The van der Waals surface area contributed by atoms with Gasteiger partial charge in [-0.05, 0) is 71.1 Å². The minimum atomic E-state index is 0.684. The smallest absolute Gasteiger partial charge is 0.160 e. The molecule has 4 nitrogen and oxygen atoms in total. The van der Waals surface area contributed by atoms with E-state index in [-0.39, 0.29) is 0 Å². The van der Waals surface area contributed by atoms with Crippen LogP contribution < -0.4 is 0 Å². The quantitative estimate of drug-likeness (QED) is 0.169. The van der Waals surface area contributed by atoms with Gasteiger partial charge in [0, 0.05) is 49.3 Å². The Bertz CT molecular complexity index is 3530. The topological polar surface area (TPSA) is 35.6 Å². The lowest BCUT2D eigenvalue weighted by atomic mass is 10.0. The first-order valence-electron chi connectivity index (χ1n) is 20.4. The van der Waals surface area contributed by atoms with E-state index in [0.717, 1.165) is 66.8 Å². The minimum Gasteiger partial charge on any atom is -0.309 e. The molecule has 0 bridgehead atoms. The molecular formula is C56H36N4. The van der Waals surface area contributed by atoms with Gasteiger partial charge in [-0.1, -0.05) is 164 Å². The molecule has 0 N–H and O–H groups in total. The van der Waals surface area contributed by atoms with Crippen LogP contribution in [0, 0.1) is 0 Å². The number of hydrogen-bond acceptors (Lipinski definition) is 2. The third-order valence-electron chi connectivity index (χ3n) is 11.9. The number of para-hydroxylation sites is 2. The number of fused-ring (bicyclic) bond motifs is 7. The van der Waals surface area contributed by atoms with Crippen LogP contribution in [0.5, 0.6) is 0 Å². The van der Waals surface area contributed by atoms with Gasteiger partial charge in [0.2, 0.25) is 0 Å². The second kappa shape index (κ2) is 13.8. The minimum absolute atomic E-state index is 0.684. The molecule has 0 fully saturated rings. The summed E-state index contributed by atoms with van der Waals surface area (Å²) in [6.45, 7) is 0. The van der Waals surface area contributed by atoms with E-state index < -0.39 is 0 Å². The lowest BCUT2D eigenvalue weighted by Gasteiger charge is -2.15. The van der Waals surface area contributed by atoms with Gasteiger partial charge in [0.15, 0.2) is 5.82 Å². The normalized spacial score (nSPS) is 11.7. The van der Waals surface area contributed by atoms with Crippen molar-refractivity contribution in [3.05, 3.63) is 218 Å². The molecule has 9 aromatic carbocycles. The molecule has 0 amide bonds. The summed E-state index contributed by atoms with van der Waals surface area (Å²) in [6, 6.07) is 78.0. The zero-order chi connectivity index (χ0) is 39.6. The van der Waals surface area contributed by atoms with Gasteiger partial charge in [0.1, 0.15) is 0 Å². The number of benzene rings is 9. The third kappa shape index (κ3) is 5.53. The highest BCUT2D eigenvalue weighted by molar-refractivity contribution is 6.19. The average Bonchev–Trinajstić information content (AvgIpc) is 3.83. The maximum absolute atomic E-state index is 5.27. The van der Waals surface area contributed by atoms with Gasteiger partial charge in [-0.3, -0.25) is 0 Å². The molecule has 12 aromatic rings. The lowest BCUT2D eigenvalue weighted by molar-refractivity contribution is 1.16. The summed E-state index contributed by atoms with van der Waals surface area (Å²) in [5.74, 6) is 0.684. The zero-order valence-corrected chi connectivity index (χ0v) is 32.6. The van der Waals surface area contributed by atoms with Crippen LogP contribution in [0.3, 0.4) is 0 Å². The Labute approximate surface area is 346 Å². The maximum atomic E-state index is 5.27. The Morgan fingerprint density at radius 2 is 0.800 bits per heavy atom. The molecule has 12 rings (SSSR count). The van der Waals surface area contributed by atoms with Crippen LogP contribution in [0.1, 0.15) is 0 Å². The van der Waals surface area contributed by atoms with E-state index in [1.54, 1.807) is 0 Å². The molecule has 4 heteroatoms. The molecule has 0 atom stereocenters. The van der Waals surface area contributed by atoms with Crippen LogP contribution >= 0.6 is 0 Å². The summed E-state index contributed by atoms with van der Waals surface area (Å²) in [5, 5.41) is 7.15. The van der Waals surface area contributed by atoms with Crippen LogP contribution in [0.15, 0.2) is 218 Å². The van der Waals surface area contributed by atoms with Crippen molar-refractivity contribution in [2.45, 2.75) is 0 Å². The molecule has 0 aliphatic carbocycles. The number of aromatic nitrogens is 4. The summed E-state index contributed by atoms with van der Waals surface area (Å²) in [5.41, 5.74) is 14.0. The van der Waals surface area contributed by atoms with Crippen molar-refractivity contribution in [2.75, 3.05) is 0 Å². The van der Waals surface area contributed by atoms with Crippen molar-refractivity contribution in [1.82, 2.24) is 19.1 Å². The molecule has 0 radical (unpaired) electrons. The van der Waals surface area contributed by atoms with Crippen LogP contribution in [-0.4, -0.2) is 19.1 Å². The Hall–Kier alpha value is -8.08. The second-order valence-electron chi connectivity index (χ2n) is 15.4. The Morgan fingerprint density at radius 3 is 1.45 bits per heavy atom. The van der Waals surface area contributed by atoms with Crippen LogP contribution in [0.4, 0.5) is 0 Å². The molecule has 0 saturated carbocycles. The largest absolute Gasteiger partial charge is 0.309 e. The Kier molecular flexibility index (Phi) is 7.82. The van der Waals surface area contributed by atoms with Crippen LogP contribution in [0.2, 0.25) is 0 Å². The molecule has 0 unspecified atom stereocenters. The first kappa shape index (κ1) is 34.0. The highest BCUT2D eigenvalue weighted by Gasteiger charge is 2.21. The van der Waals surface area contributed by atoms with Gasteiger partial charge in [-0.2, -0.15) is 0 Å². The third-order valence-corrected chi connectivity index (χ3v) is 11.9. The number of rotatable bonds is 6. The van der Waals surface area contributed by atoms with E-state index in [4.69, 9.17) is 9.97 Å². The van der Waals surface area contributed by atoms with Gasteiger partial charge in [-0.25, -0.2) is 9.97 Å². The number of hydrogen-bond donors (Lipinski definition) is 0. The molecular weight excluding hydrogens is 729 g/mol. The highest BCUT2D eigenvalue weighted by atomic mass is 15.0. The maximum Gasteiger partial charge on any atom is 0.160 e. The van der Waals surface area contributed by atoms with Crippen LogP contribution in [-0.2, 0) is 0 Å². The second-order valence-corrected chi connectivity index (χ2v) is 15.4. The van der Waals surface area contributed by atoms with E-state index >= 15 is 0 Å². The molecule has 3 aromatic heterocycles. The molecule has 0 saturated heterocycles. The molecule has 0 aliphatic rings. The summed E-state index contributed by atoms with van der Waals surface area (Å²) in [7, 11) is 0. The fourth-order valence-corrected chi connectivity index (χ4v) is 9.12. The van der Waals surface area contributed by atoms with E-state index in [0.29, 0.717) is 5.82 Å². The van der Waals surface area contributed by atoms with Gasteiger partial charge in [-0.15, -0.1) is 0 Å². The predicted octanol–water partition coefficient (Wildman–Crippen LogP) is 14.5. The zero-order valence-electron chi connectivity index (χ0n) is 32.6. The molecule has 0 spiro atoms. The Balaban J connectivity index is 1.14. The first-order valence-corrected chi connectivity index (χ1v) is 20.4. The van der Waals surface area contributed by atoms with E-state index in [1.807, 2.05) is 12.1 Å². The summed E-state index contributed by atoms with van der Waals surface area (Å²) in [6.07, 6.45) is 0. The van der Waals surface area contributed by atoms with Crippen molar-refractivity contribution >= 4 is 54.4 Å². The fourth-order valence-electron chi connectivity index (χ4n) is 9.12. The van der Waals surface area contributed by atoms with Crippen LogP contribution in [0.25, 0.3) is 111 Å². The monoisotopic (exact) mass is 764 g/mol. The highest BCUT2D eigenvalue weighted by Crippen LogP contribution is 2.42. The van der Waals surface area contributed by atoms with Crippen molar-refractivity contribution in [3.63, 3.8) is 0 Å². The Morgan fingerprint density at radius 1 is 0.283 bits per heavy atom. The first-order chi connectivity index (χ1) is 29.7. The van der Waals surface area contributed by atoms with Crippen molar-refractivity contribution in [1.29, 1.82) is 0 Å². The molecule has 60 heavy (non-hydrogen) atoms. The van der Waals surface area contributed by atoms with Crippen molar-refractivity contribution in [3.8, 4) is 56.4 Å². The SMILES string of the molecule is c1ccc(-c2cccc(-n3c4ccccc4c4cc5c6ccccc6n(-c6cc(-c7nc(-c8ccccc8)cc(-c8ccccc8)n7)cc7ccccc67)c5cc43)c2)cc1. The van der Waals surface area contributed by atoms with E-state index in [2.05, 4.69) is 215 Å². The van der Waals surface area contributed by atoms with Crippen molar-refractivity contribution < 1.29 is 0 Å². The van der Waals surface area contributed by atoms with Gasteiger partial charge in [0.05, 0.1) is 39.1 Å². The molecule has 280 valence electrons. The van der Waals surface area contributed by atoms with Gasteiger partial charge in [0.25, 0.3) is 0 Å². The summed E-state index contributed by atoms with van der Waals surface area (Å²) < 4.78 is 4.89. The summed E-state index contributed by atoms with van der Waals surface area (Å²) in [4.78, 5) is 10.5. The predicted molar refractivity (Wildman–Crippen MR) is 250 cm³/mol. The summed E-state index contributed by atoms with van der Waals surface area (Å²) >= 11 is 0. The standard InChI is InChI=1S/C56H36N4/c1-4-17-37(18-5-1)40-24-16-25-43(32-40)59-51-29-14-12-27-45(51)47-34-48-46-28-13-15-30-52(46)60(55(48)36-54(47)59)53-33-42(31-41-23-10-11-26-44(41)53)56-57-49(38-19-6-2-7-20-38)35-50(58-56)39-21-8-3-9-22-39/h1-36H. The molecule has 3 heterocycles. The molecule has 0 aliphatic heterocycles. The van der Waals surface area contributed by atoms with E-state index in [1.165, 1.54) is 38.2 Å². The fraction of sp³-hybridized carbons (Fsp3) is 0.